The van der Waals surface area contributed by atoms with Gasteiger partial charge in [-0.25, -0.2) is 15.4 Å². The highest BCUT2D eigenvalue weighted by Crippen LogP contribution is 2.27. The van der Waals surface area contributed by atoms with E-state index in [1.54, 1.807) is 38.1 Å². The molecule has 2 rings (SSSR count). The van der Waals surface area contributed by atoms with Gasteiger partial charge in [0.25, 0.3) is 0 Å². The standard InChI is InChI=1S/C15H16N4O3/c1-9-7-10(2)18-14(17-9)15(21)19-16-8-11-5-4-6-12(22-3)13(11)20/h4-8,20H,1-3H3,(H,19,21)/b16-8-. The van der Waals surface area contributed by atoms with Gasteiger partial charge in [-0.3, -0.25) is 4.79 Å². The lowest BCUT2D eigenvalue weighted by Crippen LogP contribution is -2.21. The van der Waals surface area contributed by atoms with E-state index in [0.29, 0.717) is 22.7 Å². The van der Waals surface area contributed by atoms with Crippen LogP contribution in [0.4, 0.5) is 0 Å². The van der Waals surface area contributed by atoms with E-state index in [2.05, 4.69) is 20.5 Å². The molecule has 0 fully saturated rings. The first-order valence-corrected chi connectivity index (χ1v) is 6.53. The Hall–Kier alpha value is -2.96. The Morgan fingerprint density at radius 2 is 2.00 bits per heavy atom. The number of rotatable bonds is 4. The number of phenols is 1. The molecule has 0 saturated carbocycles. The van der Waals surface area contributed by atoms with Crippen LogP contribution < -0.4 is 10.2 Å². The highest BCUT2D eigenvalue weighted by molar-refractivity contribution is 5.92. The summed E-state index contributed by atoms with van der Waals surface area (Å²) >= 11 is 0. The van der Waals surface area contributed by atoms with Crippen molar-refractivity contribution in [1.82, 2.24) is 15.4 Å². The molecule has 7 nitrogen and oxygen atoms in total. The number of methoxy groups -OCH3 is 1. The molecule has 0 spiro atoms. The van der Waals surface area contributed by atoms with E-state index in [4.69, 9.17) is 4.74 Å². The Balaban J connectivity index is 2.11. The number of nitrogens with zero attached hydrogens (tertiary/aromatic N) is 3. The molecule has 0 bridgehead atoms. The molecular formula is C15H16N4O3. The van der Waals surface area contributed by atoms with Gasteiger partial charge < -0.3 is 9.84 Å². The second kappa shape index (κ2) is 6.66. The van der Waals surface area contributed by atoms with Gasteiger partial charge in [-0.2, -0.15) is 5.10 Å². The molecule has 0 radical (unpaired) electrons. The second-order valence-electron chi connectivity index (χ2n) is 4.57. The van der Waals surface area contributed by atoms with Gasteiger partial charge in [0.15, 0.2) is 11.5 Å². The van der Waals surface area contributed by atoms with Gasteiger partial charge >= 0.3 is 5.91 Å². The molecule has 0 atom stereocenters. The summed E-state index contributed by atoms with van der Waals surface area (Å²) in [5, 5.41) is 13.7. The van der Waals surface area contributed by atoms with Crippen molar-refractivity contribution in [3.05, 3.63) is 47.0 Å². The maximum Gasteiger partial charge on any atom is 0.309 e. The maximum atomic E-state index is 11.9. The quantitative estimate of drug-likeness (QED) is 0.660. The van der Waals surface area contributed by atoms with Crippen LogP contribution in [0.5, 0.6) is 11.5 Å². The van der Waals surface area contributed by atoms with E-state index in [1.807, 2.05) is 0 Å². The molecule has 22 heavy (non-hydrogen) atoms. The summed E-state index contributed by atoms with van der Waals surface area (Å²) in [6, 6.07) is 6.73. The lowest BCUT2D eigenvalue weighted by molar-refractivity contribution is 0.0944. The Morgan fingerprint density at radius 1 is 1.32 bits per heavy atom. The maximum absolute atomic E-state index is 11.9. The minimum atomic E-state index is -0.523. The Morgan fingerprint density at radius 3 is 2.64 bits per heavy atom. The van der Waals surface area contributed by atoms with Crippen LogP contribution in [0, 0.1) is 13.8 Å². The van der Waals surface area contributed by atoms with Gasteiger partial charge in [-0.05, 0) is 32.0 Å². The predicted molar refractivity (Wildman–Crippen MR) is 81.2 cm³/mol. The first kappa shape index (κ1) is 15.4. The lowest BCUT2D eigenvalue weighted by Gasteiger charge is -2.05. The molecule has 2 aromatic rings. The number of benzene rings is 1. The molecule has 0 saturated heterocycles. The van der Waals surface area contributed by atoms with Crippen molar-refractivity contribution < 1.29 is 14.6 Å². The number of hydrogen-bond donors (Lipinski definition) is 2. The van der Waals surface area contributed by atoms with Gasteiger partial charge in [0.05, 0.1) is 13.3 Å². The number of aromatic nitrogens is 2. The van der Waals surface area contributed by atoms with E-state index < -0.39 is 5.91 Å². The summed E-state index contributed by atoms with van der Waals surface area (Å²) in [6.07, 6.45) is 1.32. The van der Waals surface area contributed by atoms with Crippen LogP contribution in [0.25, 0.3) is 0 Å². The molecule has 0 aliphatic rings. The monoisotopic (exact) mass is 300 g/mol. The summed E-state index contributed by atoms with van der Waals surface area (Å²) in [6.45, 7) is 3.56. The Labute approximate surface area is 127 Å². The number of ether oxygens (including phenoxy) is 1. The van der Waals surface area contributed by atoms with Crippen molar-refractivity contribution in [2.45, 2.75) is 13.8 Å². The molecule has 1 aromatic heterocycles. The van der Waals surface area contributed by atoms with E-state index in [1.165, 1.54) is 13.3 Å². The molecule has 0 unspecified atom stereocenters. The van der Waals surface area contributed by atoms with Crippen LogP contribution >= 0.6 is 0 Å². The van der Waals surface area contributed by atoms with E-state index in [0.717, 1.165) is 0 Å². The number of para-hydroxylation sites is 1. The number of aromatic hydroxyl groups is 1. The smallest absolute Gasteiger partial charge is 0.309 e. The highest BCUT2D eigenvalue weighted by atomic mass is 16.5. The number of amides is 1. The van der Waals surface area contributed by atoms with Crippen molar-refractivity contribution in [2.24, 2.45) is 5.10 Å². The molecule has 0 aliphatic heterocycles. The van der Waals surface area contributed by atoms with Crippen LogP contribution in [-0.4, -0.2) is 34.3 Å². The van der Waals surface area contributed by atoms with Crippen molar-refractivity contribution >= 4 is 12.1 Å². The average molecular weight is 300 g/mol. The minimum absolute atomic E-state index is 0.0458. The van der Waals surface area contributed by atoms with Crippen LogP contribution in [0.15, 0.2) is 29.4 Å². The van der Waals surface area contributed by atoms with E-state index >= 15 is 0 Å². The topological polar surface area (TPSA) is 96.7 Å². The molecule has 114 valence electrons. The van der Waals surface area contributed by atoms with Gasteiger partial charge in [0.2, 0.25) is 5.82 Å². The third kappa shape index (κ3) is 3.57. The number of hydrazone groups is 1. The van der Waals surface area contributed by atoms with Gasteiger partial charge in [-0.15, -0.1) is 0 Å². The van der Waals surface area contributed by atoms with Crippen molar-refractivity contribution in [3.63, 3.8) is 0 Å². The summed E-state index contributed by atoms with van der Waals surface area (Å²) in [5.41, 5.74) is 4.14. The molecule has 2 N–H and O–H groups in total. The Kier molecular flexibility index (Phi) is 4.67. The average Bonchev–Trinajstić information content (AvgIpc) is 2.48. The fourth-order valence-corrected chi connectivity index (χ4v) is 1.85. The zero-order valence-electron chi connectivity index (χ0n) is 12.5. The van der Waals surface area contributed by atoms with Crippen LogP contribution in [0.1, 0.15) is 27.6 Å². The fourth-order valence-electron chi connectivity index (χ4n) is 1.85. The Bertz CT molecular complexity index is 708. The third-order valence-corrected chi connectivity index (χ3v) is 2.81. The number of carbonyl (C=O) groups is 1. The van der Waals surface area contributed by atoms with Crippen LogP contribution in [0.2, 0.25) is 0 Å². The van der Waals surface area contributed by atoms with E-state index in [9.17, 15) is 9.90 Å². The molecular weight excluding hydrogens is 284 g/mol. The molecule has 0 aliphatic carbocycles. The number of phenolic OH excluding ortho intramolecular Hbond substituents is 1. The summed E-state index contributed by atoms with van der Waals surface area (Å²) < 4.78 is 4.99. The summed E-state index contributed by atoms with van der Waals surface area (Å²) in [5.74, 6) is -0.200. The zero-order chi connectivity index (χ0) is 16.1. The van der Waals surface area contributed by atoms with Crippen LogP contribution in [-0.2, 0) is 0 Å². The molecule has 1 amide bonds. The fraction of sp³-hybridized carbons (Fsp3) is 0.200. The first-order chi connectivity index (χ1) is 10.5. The number of aryl methyl sites for hydroxylation is 2. The SMILES string of the molecule is COc1cccc(/C=N\NC(=O)c2nc(C)cc(C)n2)c1O. The van der Waals surface area contributed by atoms with Crippen molar-refractivity contribution in [1.29, 1.82) is 0 Å². The largest absolute Gasteiger partial charge is 0.504 e. The van der Waals surface area contributed by atoms with Crippen LogP contribution in [0.3, 0.4) is 0 Å². The van der Waals surface area contributed by atoms with Crippen molar-refractivity contribution in [3.8, 4) is 11.5 Å². The van der Waals surface area contributed by atoms with Gasteiger partial charge in [0.1, 0.15) is 0 Å². The normalized spacial score (nSPS) is 10.7. The zero-order valence-corrected chi connectivity index (χ0v) is 12.5. The minimum Gasteiger partial charge on any atom is -0.504 e. The summed E-state index contributed by atoms with van der Waals surface area (Å²) in [4.78, 5) is 20.0. The number of hydrogen-bond acceptors (Lipinski definition) is 6. The summed E-state index contributed by atoms with van der Waals surface area (Å²) in [7, 11) is 1.45. The van der Waals surface area contributed by atoms with Gasteiger partial charge in [0, 0.05) is 17.0 Å². The van der Waals surface area contributed by atoms with E-state index in [-0.39, 0.29) is 11.6 Å². The second-order valence-corrected chi connectivity index (χ2v) is 4.57. The predicted octanol–water partition coefficient (Wildman–Crippen LogP) is 1.57. The number of carbonyl (C=O) groups excluding carboxylic acids is 1. The molecule has 1 aromatic carbocycles. The lowest BCUT2D eigenvalue weighted by atomic mass is 10.2. The number of nitrogens with one attached hydrogen (secondary N) is 1. The van der Waals surface area contributed by atoms with Gasteiger partial charge in [-0.1, -0.05) is 6.07 Å². The van der Waals surface area contributed by atoms with Crippen molar-refractivity contribution in [2.75, 3.05) is 7.11 Å². The molecule has 7 heteroatoms. The highest BCUT2D eigenvalue weighted by Gasteiger charge is 2.09. The third-order valence-electron chi connectivity index (χ3n) is 2.81. The first-order valence-electron chi connectivity index (χ1n) is 6.53. The molecule has 1 heterocycles.